The van der Waals surface area contributed by atoms with Crippen molar-refractivity contribution in [3.63, 3.8) is 0 Å². The Morgan fingerprint density at radius 2 is 2.07 bits per heavy atom. The van der Waals surface area contributed by atoms with Crippen LogP contribution in [0.15, 0.2) is 36.5 Å². The van der Waals surface area contributed by atoms with Crippen molar-refractivity contribution in [3.8, 4) is 17.0 Å². The molecule has 3 heterocycles. The number of carbonyl (C=O) groups is 1. The molecule has 156 valence electrons. The number of ether oxygens (including phenoxy) is 1. The molecule has 10 heteroatoms. The number of nitrogens with zero attached hydrogens (tertiary/aromatic N) is 3. The second kappa shape index (κ2) is 7.79. The van der Waals surface area contributed by atoms with Crippen molar-refractivity contribution in [2.24, 2.45) is 0 Å². The van der Waals surface area contributed by atoms with Crippen LogP contribution in [0.1, 0.15) is 31.1 Å². The summed E-state index contributed by atoms with van der Waals surface area (Å²) in [6, 6.07) is 7.13. The summed E-state index contributed by atoms with van der Waals surface area (Å²) >= 11 is 0. The molecule has 29 heavy (non-hydrogen) atoms. The van der Waals surface area contributed by atoms with Gasteiger partial charge in [-0.05, 0) is 37.5 Å². The molecule has 0 saturated carbocycles. The number of rotatable bonds is 3. The lowest BCUT2D eigenvalue weighted by atomic mass is 9.96. The van der Waals surface area contributed by atoms with Gasteiger partial charge < -0.3 is 9.64 Å². The van der Waals surface area contributed by atoms with Crippen LogP contribution >= 0.6 is 12.4 Å². The Bertz CT molecular complexity index is 911. The number of hydrogen-bond acceptors (Lipinski definition) is 5. The molecule has 0 bridgehead atoms. The third-order valence-electron chi connectivity index (χ3n) is 5.29. The lowest BCUT2D eigenvalue weighted by molar-refractivity contribution is -0.274. The predicted molar refractivity (Wildman–Crippen MR) is 101 cm³/mol. The fourth-order valence-corrected chi connectivity index (χ4v) is 3.92. The highest BCUT2D eigenvalue weighted by Crippen LogP contribution is 2.38. The maximum atomic E-state index is 12.5. The molecule has 2 atom stereocenters. The lowest BCUT2D eigenvalue weighted by Crippen LogP contribution is -2.47. The van der Waals surface area contributed by atoms with Crippen molar-refractivity contribution >= 4 is 18.3 Å². The highest BCUT2D eigenvalue weighted by atomic mass is 35.5. The van der Waals surface area contributed by atoms with Gasteiger partial charge in [-0.2, -0.15) is 0 Å². The molecular weight excluding hydrogens is 409 g/mol. The maximum Gasteiger partial charge on any atom is 0.573 e. The summed E-state index contributed by atoms with van der Waals surface area (Å²) in [5, 5.41) is 3.39. The zero-order valence-electron chi connectivity index (χ0n) is 15.6. The number of hydrogen-bond donors (Lipinski definition) is 1. The molecule has 2 aromatic rings. The van der Waals surface area contributed by atoms with Crippen LogP contribution in [0.3, 0.4) is 0 Å². The topological polar surface area (TPSA) is 67.3 Å². The van der Waals surface area contributed by atoms with Crippen LogP contribution in [0.2, 0.25) is 0 Å². The van der Waals surface area contributed by atoms with Crippen molar-refractivity contribution in [1.82, 2.24) is 20.2 Å². The molecule has 6 nitrogen and oxygen atoms in total. The quantitative estimate of drug-likeness (QED) is 0.810. The van der Waals surface area contributed by atoms with Crippen LogP contribution in [0.5, 0.6) is 5.75 Å². The molecule has 1 aromatic heterocycles. The van der Waals surface area contributed by atoms with Gasteiger partial charge in [0.1, 0.15) is 17.1 Å². The Hall–Kier alpha value is -2.39. The van der Waals surface area contributed by atoms with Crippen LogP contribution in [-0.2, 0) is 4.79 Å². The SMILES string of the molecule is CN1CC[C@]2(CC[C@H](c3nccc(-c4cccc(OC(F)(F)F)c4)n3)N2)C1=O.Cl. The molecule has 1 aromatic carbocycles. The van der Waals surface area contributed by atoms with E-state index >= 15 is 0 Å². The van der Waals surface area contributed by atoms with Gasteiger partial charge in [-0.25, -0.2) is 9.97 Å². The second-order valence-electron chi connectivity index (χ2n) is 7.17. The van der Waals surface area contributed by atoms with Crippen molar-refractivity contribution in [3.05, 3.63) is 42.4 Å². The monoisotopic (exact) mass is 428 g/mol. The van der Waals surface area contributed by atoms with Gasteiger partial charge in [0.2, 0.25) is 5.91 Å². The minimum Gasteiger partial charge on any atom is -0.406 e. The van der Waals surface area contributed by atoms with Crippen LogP contribution in [0.25, 0.3) is 11.3 Å². The van der Waals surface area contributed by atoms with E-state index in [-0.39, 0.29) is 30.1 Å². The van der Waals surface area contributed by atoms with Crippen molar-refractivity contribution < 1.29 is 22.7 Å². The summed E-state index contributed by atoms with van der Waals surface area (Å²) in [4.78, 5) is 23.0. The van der Waals surface area contributed by atoms with E-state index in [4.69, 9.17) is 0 Å². The van der Waals surface area contributed by atoms with Gasteiger partial charge in [-0.15, -0.1) is 25.6 Å². The minimum absolute atomic E-state index is 0. The fraction of sp³-hybridized carbons (Fsp3) is 0.421. The Kier molecular flexibility index (Phi) is 5.73. The smallest absolute Gasteiger partial charge is 0.406 e. The van der Waals surface area contributed by atoms with E-state index in [1.54, 1.807) is 30.3 Å². The number of aromatic nitrogens is 2. The normalized spacial score (nSPS) is 24.1. The van der Waals surface area contributed by atoms with E-state index in [2.05, 4.69) is 20.0 Å². The van der Waals surface area contributed by atoms with Gasteiger partial charge in [0.05, 0.1) is 11.7 Å². The summed E-state index contributed by atoms with van der Waals surface area (Å²) in [7, 11) is 1.79. The maximum absolute atomic E-state index is 12.5. The van der Waals surface area contributed by atoms with Crippen molar-refractivity contribution in [2.75, 3.05) is 13.6 Å². The predicted octanol–water partition coefficient (Wildman–Crippen LogP) is 3.49. The number of halogens is 4. The average molecular weight is 429 g/mol. The zero-order valence-corrected chi connectivity index (χ0v) is 16.4. The minimum atomic E-state index is -4.75. The molecule has 2 aliphatic rings. The highest BCUT2D eigenvalue weighted by molar-refractivity contribution is 5.88. The summed E-state index contributed by atoms with van der Waals surface area (Å²) < 4.78 is 41.4. The molecule has 0 unspecified atom stereocenters. The van der Waals surface area contributed by atoms with Gasteiger partial charge in [0.25, 0.3) is 0 Å². The van der Waals surface area contributed by atoms with E-state index in [0.29, 0.717) is 30.0 Å². The molecule has 4 rings (SSSR count). The molecule has 1 spiro atoms. The fourth-order valence-electron chi connectivity index (χ4n) is 3.92. The van der Waals surface area contributed by atoms with E-state index < -0.39 is 11.9 Å². The third-order valence-corrected chi connectivity index (χ3v) is 5.29. The Morgan fingerprint density at radius 3 is 2.76 bits per heavy atom. The van der Waals surface area contributed by atoms with E-state index in [1.807, 2.05) is 0 Å². The average Bonchev–Trinajstić information content (AvgIpc) is 3.21. The first-order valence-corrected chi connectivity index (χ1v) is 8.98. The van der Waals surface area contributed by atoms with E-state index in [1.165, 1.54) is 18.2 Å². The number of carbonyl (C=O) groups excluding carboxylic acids is 1. The highest BCUT2D eigenvalue weighted by Gasteiger charge is 2.50. The molecular formula is C19H20ClF3N4O2. The molecule has 0 radical (unpaired) electrons. The first-order valence-electron chi connectivity index (χ1n) is 8.98. The van der Waals surface area contributed by atoms with Crippen LogP contribution in [0.4, 0.5) is 13.2 Å². The number of benzene rings is 1. The Labute approximate surface area is 171 Å². The number of alkyl halides is 3. The first kappa shape index (κ1) is 21.3. The summed E-state index contributed by atoms with van der Waals surface area (Å²) in [5.74, 6) is 0.310. The van der Waals surface area contributed by atoms with Gasteiger partial charge in [-0.1, -0.05) is 12.1 Å². The first-order chi connectivity index (χ1) is 13.3. The third kappa shape index (κ3) is 4.30. The Balaban J connectivity index is 0.00000240. The van der Waals surface area contributed by atoms with Gasteiger partial charge in [0, 0.05) is 25.4 Å². The summed E-state index contributed by atoms with van der Waals surface area (Å²) in [6.45, 7) is 0.714. The van der Waals surface area contributed by atoms with Crippen molar-refractivity contribution in [1.29, 1.82) is 0 Å². The molecule has 2 aliphatic heterocycles. The second-order valence-corrected chi connectivity index (χ2v) is 7.17. The largest absolute Gasteiger partial charge is 0.573 e. The molecule has 0 aliphatic carbocycles. The van der Waals surface area contributed by atoms with Crippen LogP contribution in [0, 0.1) is 0 Å². The number of amides is 1. The van der Waals surface area contributed by atoms with Crippen LogP contribution in [-0.4, -0.2) is 46.3 Å². The molecule has 2 fully saturated rings. The standard InChI is InChI=1S/C19H19F3N4O2.ClH/c1-26-10-8-18(17(26)27)7-5-15(25-18)16-23-9-6-14(24-16)12-3-2-4-13(11-12)28-19(20,21)22;/h2-4,6,9,11,15,25H,5,7-8,10H2,1H3;1H/t15-,18-;/m1./s1. The number of nitrogens with one attached hydrogen (secondary N) is 1. The van der Waals surface area contributed by atoms with Gasteiger partial charge in [0.15, 0.2) is 0 Å². The van der Waals surface area contributed by atoms with Gasteiger partial charge >= 0.3 is 6.36 Å². The number of likely N-dealkylation sites (N-methyl/N-ethyl adjacent to an activating group) is 1. The Morgan fingerprint density at radius 1 is 1.28 bits per heavy atom. The molecule has 2 saturated heterocycles. The molecule has 1 N–H and O–H groups in total. The molecule has 1 amide bonds. The summed E-state index contributed by atoms with van der Waals surface area (Å²) in [6.07, 6.45) is -0.998. The zero-order chi connectivity index (χ0) is 19.9. The van der Waals surface area contributed by atoms with Crippen molar-refractivity contribution in [2.45, 2.75) is 37.2 Å². The van der Waals surface area contributed by atoms with Crippen LogP contribution < -0.4 is 10.1 Å². The van der Waals surface area contributed by atoms with E-state index in [9.17, 15) is 18.0 Å². The lowest BCUT2D eigenvalue weighted by Gasteiger charge is -2.23. The van der Waals surface area contributed by atoms with E-state index in [0.717, 1.165) is 12.8 Å². The number of likely N-dealkylation sites (tertiary alicyclic amines) is 1. The summed E-state index contributed by atoms with van der Waals surface area (Å²) in [5.41, 5.74) is 0.434. The van der Waals surface area contributed by atoms with Gasteiger partial charge in [-0.3, -0.25) is 10.1 Å².